The van der Waals surface area contributed by atoms with Crippen LogP contribution in [0.2, 0.25) is 5.02 Å². The van der Waals surface area contributed by atoms with Crippen LogP contribution in [0.15, 0.2) is 17.1 Å². The van der Waals surface area contributed by atoms with Crippen molar-refractivity contribution in [1.82, 2.24) is 9.88 Å². The van der Waals surface area contributed by atoms with Crippen molar-refractivity contribution in [2.45, 2.75) is 37.6 Å². The smallest absolute Gasteiger partial charge is 0.341 e. The second-order valence-electron chi connectivity index (χ2n) is 7.79. The zero-order valence-electron chi connectivity index (χ0n) is 15.0. The van der Waals surface area contributed by atoms with Gasteiger partial charge in [-0.1, -0.05) is 24.4 Å². The number of pyridine rings is 1. The van der Waals surface area contributed by atoms with Gasteiger partial charge < -0.3 is 19.9 Å². The lowest BCUT2D eigenvalue weighted by molar-refractivity contribution is 0.0694. The number of anilines is 1. The lowest BCUT2D eigenvalue weighted by Crippen LogP contribution is -2.44. The molecule has 3 heterocycles. The zero-order valence-corrected chi connectivity index (χ0v) is 15.8. The van der Waals surface area contributed by atoms with Gasteiger partial charge in [0, 0.05) is 55.6 Å². The molecule has 5 rings (SSSR count). The Kier molecular flexibility index (Phi) is 3.95. The van der Waals surface area contributed by atoms with Crippen LogP contribution in [-0.2, 0) is 0 Å². The first-order valence-corrected chi connectivity index (χ1v) is 10.1. The van der Waals surface area contributed by atoms with E-state index in [1.165, 1.54) is 5.56 Å². The van der Waals surface area contributed by atoms with Gasteiger partial charge in [-0.05, 0) is 18.9 Å². The summed E-state index contributed by atoms with van der Waals surface area (Å²) in [6.45, 7) is 3.66. The standard InChI is InChI=1S/C20H22ClN3O3/c21-13-9-15(23-7-5-22-6-8-23)16-11-3-1-2-4-14(11)24-10-12(20(26)27)19(25)17(13)18(16)24/h9-11,14,22H,1-8H2,(H,26,27). The van der Waals surface area contributed by atoms with Crippen molar-refractivity contribution in [3.63, 3.8) is 0 Å². The molecule has 6 nitrogen and oxygen atoms in total. The van der Waals surface area contributed by atoms with Crippen LogP contribution in [0, 0.1) is 0 Å². The Balaban J connectivity index is 1.85. The molecule has 142 valence electrons. The average molecular weight is 388 g/mol. The van der Waals surface area contributed by atoms with Crippen molar-refractivity contribution in [2.75, 3.05) is 31.1 Å². The Bertz CT molecular complexity index is 1010. The monoisotopic (exact) mass is 387 g/mol. The summed E-state index contributed by atoms with van der Waals surface area (Å²) in [5.41, 5.74) is 2.54. The number of halogens is 1. The van der Waals surface area contributed by atoms with E-state index in [1.54, 1.807) is 6.20 Å². The fourth-order valence-electron chi connectivity index (χ4n) is 5.25. The van der Waals surface area contributed by atoms with Gasteiger partial charge in [0.1, 0.15) is 5.56 Å². The highest BCUT2D eigenvalue weighted by atomic mass is 35.5. The molecule has 2 fully saturated rings. The molecular formula is C20H22ClN3O3. The van der Waals surface area contributed by atoms with Crippen LogP contribution in [0.3, 0.4) is 0 Å². The van der Waals surface area contributed by atoms with Gasteiger partial charge in [-0.2, -0.15) is 0 Å². The first-order valence-electron chi connectivity index (χ1n) is 9.68. The maximum absolute atomic E-state index is 12.9. The topological polar surface area (TPSA) is 74.6 Å². The summed E-state index contributed by atoms with van der Waals surface area (Å²) in [4.78, 5) is 26.9. The van der Waals surface area contributed by atoms with Crippen molar-refractivity contribution in [3.8, 4) is 0 Å². The van der Waals surface area contributed by atoms with Crippen molar-refractivity contribution in [3.05, 3.63) is 38.6 Å². The van der Waals surface area contributed by atoms with Crippen molar-refractivity contribution < 1.29 is 9.90 Å². The predicted octanol–water partition coefficient (Wildman–Crippen LogP) is 2.98. The number of carboxylic acids is 1. The largest absolute Gasteiger partial charge is 0.477 e. The molecular weight excluding hydrogens is 366 g/mol. The van der Waals surface area contributed by atoms with Crippen LogP contribution in [0.1, 0.15) is 53.6 Å². The number of piperazine rings is 1. The molecule has 27 heavy (non-hydrogen) atoms. The van der Waals surface area contributed by atoms with Crippen molar-refractivity contribution in [2.24, 2.45) is 0 Å². The van der Waals surface area contributed by atoms with Crippen LogP contribution in [0.4, 0.5) is 5.69 Å². The Labute approximate surface area is 161 Å². The number of benzene rings is 1. The zero-order chi connectivity index (χ0) is 18.7. The fraction of sp³-hybridized carbons (Fsp3) is 0.500. The number of aromatic carboxylic acids is 1. The van der Waals surface area contributed by atoms with E-state index in [0.717, 1.165) is 63.1 Å². The maximum Gasteiger partial charge on any atom is 0.341 e. The third kappa shape index (κ3) is 2.43. The lowest BCUT2D eigenvalue weighted by Gasteiger charge is -2.33. The molecule has 1 aromatic carbocycles. The highest BCUT2D eigenvalue weighted by Crippen LogP contribution is 2.53. The van der Waals surface area contributed by atoms with Gasteiger partial charge in [-0.3, -0.25) is 4.79 Å². The lowest BCUT2D eigenvalue weighted by atomic mass is 9.81. The minimum absolute atomic E-state index is 0.184. The van der Waals surface area contributed by atoms with E-state index in [9.17, 15) is 14.7 Å². The molecule has 2 atom stereocenters. The van der Waals surface area contributed by atoms with E-state index >= 15 is 0 Å². The van der Waals surface area contributed by atoms with E-state index in [4.69, 9.17) is 11.6 Å². The summed E-state index contributed by atoms with van der Waals surface area (Å²) >= 11 is 6.58. The second-order valence-corrected chi connectivity index (χ2v) is 8.20. The highest BCUT2D eigenvalue weighted by Gasteiger charge is 2.40. The van der Waals surface area contributed by atoms with Gasteiger partial charge in [-0.25, -0.2) is 4.79 Å². The summed E-state index contributed by atoms with van der Waals surface area (Å²) in [6.07, 6.45) is 5.93. The van der Waals surface area contributed by atoms with E-state index in [1.807, 2.05) is 6.07 Å². The first-order chi connectivity index (χ1) is 13.1. The van der Waals surface area contributed by atoms with Crippen LogP contribution in [0.25, 0.3) is 10.9 Å². The SMILES string of the molecule is O=C(O)c1cn2c3c(c(N4CCNCC4)cc(Cl)c3c1=O)C1CCCCC12. The molecule has 2 unspecified atom stereocenters. The third-order valence-electron chi connectivity index (χ3n) is 6.41. The number of hydrogen-bond donors (Lipinski definition) is 2. The molecule has 7 heteroatoms. The Morgan fingerprint density at radius 2 is 1.96 bits per heavy atom. The Morgan fingerprint density at radius 1 is 1.22 bits per heavy atom. The van der Waals surface area contributed by atoms with Gasteiger partial charge >= 0.3 is 5.97 Å². The number of carboxylic acid groups (broad SMARTS) is 1. The summed E-state index contributed by atoms with van der Waals surface area (Å²) in [7, 11) is 0. The van der Waals surface area contributed by atoms with Gasteiger partial charge in [-0.15, -0.1) is 0 Å². The Morgan fingerprint density at radius 3 is 2.70 bits per heavy atom. The average Bonchev–Trinajstić information content (AvgIpc) is 3.00. The van der Waals surface area contributed by atoms with E-state index in [-0.39, 0.29) is 11.6 Å². The number of fused-ring (bicyclic) bond motifs is 3. The number of aromatic nitrogens is 1. The first kappa shape index (κ1) is 17.1. The van der Waals surface area contributed by atoms with Gasteiger partial charge in [0.05, 0.1) is 15.9 Å². The van der Waals surface area contributed by atoms with Crippen LogP contribution < -0.4 is 15.6 Å². The molecule has 2 aromatic rings. The summed E-state index contributed by atoms with van der Waals surface area (Å²) < 4.78 is 2.05. The quantitative estimate of drug-likeness (QED) is 0.828. The number of nitrogens with one attached hydrogen (secondary N) is 1. The van der Waals surface area contributed by atoms with Crippen LogP contribution in [0.5, 0.6) is 0 Å². The van der Waals surface area contributed by atoms with E-state index in [2.05, 4.69) is 14.8 Å². The molecule has 3 aliphatic rings. The molecule has 0 spiro atoms. The molecule has 1 saturated heterocycles. The predicted molar refractivity (Wildman–Crippen MR) is 106 cm³/mol. The summed E-state index contributed by atoms with van der Waals surface area (Å²) in [6, 6.07) is 2.12. The molecule has 1 aromatic heterocycles. The molecule has 0 amide bonds. The number of hydrogen-bond acceptors (Lipinski definition) is 4. The normalized spacial score (nSPS) is 24.3. The molecule has 1 aliphatic carbocycles. The second kappa shape index (κ2) is 6.24. The molecule has 1 saturated carbocycles. The highest BCUT2D eigenvalue weighted by molar-refractivity contribution is 6.36. The van der Waals surface area contributed by atoms with Gasteiger partial charge in [0.25, 0.3) is 0 Å². The van der Waals surface area contributed by atoms with E-state index < -0.39 is 11.4 Å². The van der Waals surface area contributed by atoms with Crippen molar-refractivity contribution >= 4 is 34.2 Å². The molecule has 2 N–H and O–H groups in total. The fourth-order valence-corrected chi connectivity index (χ4v) is 5.53. The molecule has 0 bridgehead atoms. The minimum Gasteiger partial charge on any atom is -0.477 e. The van der Waals surface area contributed by atoms with Crippen LogP contribution >= 0.6 is 11.6 Å². The molecule has 2 aliphatic heterocycles. The third-order valence-corrected chi connectivity index (χ3v) is 6.71. The Hall–Kier alpha value is -2.05. The summed E-state index contributed by atoms with van der Waals surface area (Å²) in [5.74, 6) is -0.861. The van der Waals surface area contributed by atoms with Crippen molar-refractivity contribution in [1.29, 1.82) is 0 Å². The maximum atomic E-state index is 12.9. The number of nitrogens with zero attached hydrogens (tertiary/aromatic N) is 2. The van der Waals surface area contributed by atoms with Gasteiger partial charge in [0.2, 0.25) is 5.43 Å². The van der Waals surface area contributed by atoms with Gasteiger partial charge in [0.15, 0.2) is 0 Å². The van der Waals surface area contributed by atoms with Crippen LogP contribution in [-0.4, -0.2) is 41.8 Å². The van der Waals surface area contributed by atoms with E-state index in [0.29, 0.717) is 16.3 Å². The molecule has 0 radical (unpaired) electrons. The number of rotatable bonds is 2. The minimum atomic E-state index is -1.19. The number of carbonyl (C=O) groups is 1. The summed E-state index contributed by atoms with van der Waals surface area (Å²) in [5, 5.41) is 13.7.